The van der Waals surface area contributed by atoms with Crippen LogP contribution in [0.2, 0.25) is 0 Å². The molecule has 36 heavy (non-hydrogen) atoms. The second kappa shape index (κ2) is 9.86. The molecule has 0 unspecified atom stereocenters. The topological polar surface area (TPSA) is 97.2 Å². The number of carbonyl (C=O) groups excluding carboxylic acids is 1. The van der Waals surface area contributed by atoms with Gasteiger partial charge in [-0.05, 0) is 56.6 Å². The van der Waals surface area contributed by atoms with Gasteiger partial charge in [-0.15, -0.1) is 0 Å². The Balaban J connectivity index is 1.42. The van der Waals surface area contributed by atoms with Gasteiger partial charge in [-0.1, -0.05) is 0 Å². The highest BCUT2D eigenvalue weighted by Gasteiger charge is 2.36. The van der Waals surface area contributed by atoms with E-state index in [1.807, 2.05) is 6.92 Å². The Bertz CT molecular complexity index is 1250. The predicted octanol–water partition coefficient (Wildman–Crippen LogP) is 3.70. The number of aromatic nitrogens is 4. The maximum atomic E-state index is 13.8. The first-order chi connectivity index (χ1) is 17.3. The number of morpholine rings is 1. The number of hydrogen-bond donors (Lipinski definition) is 2. The zero-order valence-electron chi connectivity index (χ0n) is 19.7. The summed E-state index contributed by atoms with van der Waals surface area (Å²) in [5.41, 5.74) is 1.30. The normalized spacial score (nSPS) is 17.4. The van der Waals surface area contributed by atoms with Crippen molar-refractivity contribution in [3.63, 3.8) is 0 Å². The summed E-state index contributed by atoms with van der Waals surface area (Å²) >= 11 is 0. The van der Waals surface area contributed by atoms with Crippen molar-refractivity contribution in [1.29, 1.82) is 0 Å². The van der Waals surface area contributed by atoms with E-state index in [4.69, 9.17) is 4.74 Å². The van der Waals surface area contributed by atoms with Gasteiger partial charge in [0.1, 0.15) is 12.2 Å². The molecule has 0 atom stereocenters. The fourth-order valence-electron chi connectivity index (χ4n) is 4.54. The van der Waals surface area contributed by atoms with Gasteiger partial charge in [0.05, 0.1) is 24.5 Å². The van der Waals surface area contributed by atoms with Gasteiger partial charge in [-0.25, -0.2) is 9.97 Å². The average Bonchev–Trinajstić information content (AvgIpc) is 3.35. The maximum Gasteiger partial charge on any atom is 0.419 e. The first kappa shape index (κ1) is 24.2. The number of ether oxygens (including phenoxy) is 1. The maximum absolute atomic E-state index is 13.8. The highest BCUT2D eigenvalue weighted by Crippen LogP contribution is 2.37. The molecule has 2 aliphatic rings. The molecule has 0 aliphatic carbocycles. The Kier molecular flexibility index (Phi) is 6.63. The van der Waals surface area contributed by atoms with E-state index in [0.29, 0.717) is 18.8 Å². The molecule has 4 heterocycles. The van der Waals surface area contributed by atoms with Gasteiger partial charge < -0.3 is 20.3 Å². The van der Waals surface area contributed by atoms with Gasteiger partial charge in [-0.2, -0.15) is 18.3 Å². The number of halogens is 3. The molecule has 1 aromatic carbocycles. The van der Waals surface area contributed by atoms with Crippen LogP contribution in [0.4, 0.5) is 30.5 Å². The zero-order chi connectivity index (χ0) is 25.3. The fourth-order valence-corrected chi connectivity index (χ4v) is 4.54. The molecule has 5 rings (SSSR count). The number of amides is 1. The third kappa shape index (κ3) is 5.05. The van der Waals surface area contributed by atoms with Crippen LogP contribution in [0.25, 0.3) is 11.3 Å². The number of nitrogens with zero attached hydrogens (tertiary/aromatic N) is 5. The van der Waals surface area contributed by atoms with Gasteiger partial charge in [0.2, 0.25) is 5.95 Å². The third-order valence-electron chi connectivity index (χ3n) is 6.38. The van der Waals surface area contributed by atoms with E-state index in [-0.39, 0.29) is 35.8 Å². The van der Waals surface area contributed by atoms with Crippen LogP contribution in [0.3, 0.4) is 0 Å². The van der Waals surface area contributed by atoms with Crippen molar-refractivity contribution in [3.8, 4) is 11.3 Å². The summed E-state index contributed by atoms with van der Waals surface area (Å²) in [6.45, 7) is 4.50. The van der Waals surface area contributed by atoms with E-state index in [0.717, 1.165) is 43.4 Å². The molecule has 1 amide bonds. The third-order valence-corrected chi connectivity index (χ3v) is 6.38. The standard InChI is InChI=1S/C24H26F3N7O2/c1-15-10-17(2-3-20(15)33-8-9-36-14-21(33)35)31-23-29-12-19(24(25,26)27)22(32-23)16-11-30-34(13-16)18-4-6-28-7-5-18/h2-3,10-13,18,28H,4-9,14H2,1H3,(H,29,31,32). The molecule has 9 nitrogen and oxygen atoms in total. The number of rotatable bonds is 5. The van der Waals surface area contributed by atoms with Gasteiger partial charge in [0.15, 0.2) is 0 Å². The minimum Gasteiger partial charge on any atom is -0.370 e. The number of nitrogens with one attached hydrogen (secondary N) is 2. The molecule has 2 fully saturated rings. The summed E-state index contributed by atoms with van der Waals surface area (Å²) in [6.07, 6.45) is 0.926. The second-order valence-electron chi connectivity index (χ2n) is 8.87. The van der Waals surface area contributed by atoms with Crippen molar-refractivity contribution in [1.82, 2.24) is 25.1 Å². The Hall–Kier alpha value is -3.51. The van der Waals surface area contributed by atoms with Crippen molar-refractivity contribution in [2.75, 3.05) is 43.1 Å². The molecule has 3 aromatic rings. The number of anilines is 3. The first-order valence-electron chi connectivity index (χ1n) is 11.7. The van der Waals surface area contributed by atoms with Gasteiger partial charge in [-0.3, -0.25) is 9.48 Å². The van der Waals surface area contributed by atoms with E-state index in [2.05, 4.69) is 25.7 Å². The lowest BCUT2D eigenvalue weighted by molar-refractivity contribution is -0.137. The highest BCUT2D eigenvalue weighted by atomic mass is 19.4. The van der Waals surface area contributed by atoms with Crippen LogP contribution in [-0.2, 0) is 15.7 Å². The summed E-state index contributed by atoms with van der Waals surface area (Å²) in [5.74, 6) is -0.0898. The van der Waals surface area contributed by atoms with Crippen LogP contribution in [0.15, 0.2) is 36.8 Å². The Morgan fingerprint density at radius 1 is 1.19 bits per heavy atom. The molecule has 0 spiro atoms. The van der Waals surface area contributed by atoms with E-state index in [9.17, 15) is 18.0 Å². The van der Waals surface area contributed by atoms with Gasteiger partial charge in [0, 0.05) is 35.9 Å². The molecule has 0 saturated carbocycles. The van der Waals surface area contributed by atoms with Gasteiger partial charge in [0.25, 0.3) is 5.91 Å². The molecule has 12 heteroatoms. The lowest BCUT2D eigenvalue weighted by atomic mass is 10.1. The van der Waals surface area contributed by atoms with Crippen LogP contribution in [0, 0.1) is 6.92 Å². The Morgan fingerprint density at radius 3 is 2.72 bits per heavy atom. The van der Waals surface area contributed by atoms with Crippen LogP contribution >= 0.6 is 0 Å². The molecule has 0 radical (unpaired) electrons. The van der Waals surface area contributed by atoms with E-state index < -0.39 is 11.7 Å². The van der Waals surface area contributed by atoms with Crippen LogP contribution in [0.5, 0.6) is 0 Å². The SMILES string of the molecule is Cc1cc(Nc2ncc(C(F)(F)F)c(-c3cnn(C4CCNCC4)c3)n2)ccc1N1CCOCC1=O. The minimum absolute atomic E-state index is 0.0298. The van der Waals surface area contributed by atoms with Crippen LogP contribution in [-0.4, -0.2) is 58.5 Å². The van der Waals surface area contributed by atoms with Crippen molar-refractivity contribution in [3.05, 3.63) is 47.9 Å². The van der Waals surface area contributed by atoms with Crippen LogP contribution in [0.1, 0.15) is 30.0 Å². The molecule has 2 N–H and O–H groups in total. The molecule has 2 aliphatic heterocycles. The van der Waals surface area contributed by atoms with Crippen molar-refractivity contribution < 1.29 is 22.7 Å². The summed E-state index contributed by atoms with van der Waals surface area (Å²) in [7, 11) is 0. The predicted molar refractivity (Wildman–Crippen MR) is 127 cm³/mol. The van der Waals surface area contributed by atoms with Crippen LogP contribution < -0.4 is 15.5 Å². The number of benzene rings is 1. The summed E-state index contributed by atoms with van der Waals surface area (Å²) in [4.78, 5) is 22.0. The second-order valence-corrected chi connectivity index (χ2v) is 8.87. The fraction of sp³-hybridized carbons (Fsp3) is 0.417. The molecule has 2 aromatic heterocycles. The Morgan fingerprint density at radius 2 is 2.00 bits per heavy atom. The largest absolute Gasteiger partial charge is 0.419 e. The average molecular weight is 502 g/mol. The number of alkyl halides is 3. The highest BCUT2D eigenvalue weighted by molar-refractivity contribution is 5.95. The van der Waals surface area contributed by atoms with E-state index >= 15 is 0 Å². The molecule has 190 valence electrons. The number of hydrogen-bond acceptors (Lipinski definition) is 7. The molecular formula is C24H26F3N7O2. The lowest BCUT2D eigenvalue weighted by Gasteiger charge is -2.28. The Labute approximate surface area is 205 Å². The minimum atomic E-state index is -4.62. The van der Waals surface area contributed by atoms with Crippen molar-refractivity contribution in [2.45, 2.75) is 32.0 Å². The molecule has 2 saturated heterocycles. The van der Waals surface area contributed by atoms with Gasteiger partial charge >= 0.3 is 6.18 Å². The van der Waals surface area contributed by atoms with Crippen molar-refractivity contribution >= 4 is 23.2 Å². The first-order valence-corrected chi connectivity index (χ1v) is 11.7. The lowest BCUT2D eigenvalue weighted by Crippen LogP contribution is -2.42. The van der Waals surface area contributed by atoms with E-state index in [1.165, 1.54) is 6.20 Å². The number of aryl methyl sites for hydroxylation is 1. The summed E-state index contributed by atoms with van der Waals surface area (Å²) < 4.78 is 48.3. The summed E-state index contributed by atoms with van der Waals surface area (Å²) in [6, 6.07) is 5.46. The van der Waals surface area contributed by atoms with E-state index in [1.54, 1.807) is 34.0 Å². The number of carbonyl (C=O) groups is 1. The molecular weight excluding hydrogens is 475 g/mol. The quantitative estimate of drug-likeness (QED) is 0.550. The number of piperidine rings is 1. The zero-order valence-corrected chi connectivity index (χ0v) is 19.7. The smallest absolute Gasteiger partial charge is 0.370 e. The summed E-state index contributed by atoms with van der Waals surface area (Å²) in [5, 5.41) is 10.6. The molecule has 0 bridgehead atoms. The van der Waals surface area contributed by atoms with Crippen molar-refractivity contribution in [2.24, 2.45) is 0 Å². The monoisotopic (exact) mass is 501 g/mol.